The molecule has 2 rings (SSSR count). The van der Waals surface area contributed by atoms with Crippen molar-refractivity contribution in [1.29, 1.82) is 0 Å². The summed E-state index contributed by atoms with van der Waals surface area (Å²) in [5.74, 6) is 5.53. The van der Waals surface area contributed by atoms with Crippen molar-refractivity contribution >= 4 is 11.9 Å². The Labute approximate surface area is 109 Å². The van der Waals surface area contributed by atoms with Crippen molar-refractivity contribution in [2.45, 2.75) is 6.92 Å². The minimum absolute atomic E-state index is 0.0425. The normalized spacial score (nSPS) is 9.58. The third-order valence-corrected chi connectivity index (χ3v) is 2.08. The van der Waals surface area contributed by atoms with Gasteiger partial charge in [-0.1, -0.05) is 17.0 Å². The summed E-state index contributed by atoms with van der Waals surface area (Å²) in [4.78, 5) is 19.7. The number of aryl methyl sites for hydroxylation is 1. The fourth-order valence-corrected chi connectivity index (χ4v) is 1.30. The molecular weight excluding hydrogens is 246 g/mol. The molecule has 0 aliphatic rings. The predicted molar refractivity (Wildman–Crippen MR) is 67.2 cm³/mol. The Morgan fingerprint density at radius 2 is 2.37 bits per heavy atom. The van der Waals surface area contributed by atoms with Crippen LogP contribution in [0, 0.1) is 18.8 Å². The van der Waals surface area contributed by atoms with Crippen LogP contribution in [0.4, 0.5) is 6.01 Å². The molecule has 0 bridgehead atoms. The summed E-state index contributed by atoms with van der Waals surface area (Å²) in [6.07, 6.45) is 2.97. The summed E-state index contributed by atoms with van der Waals surface area (Å²) in [6, 6.07) is 1.65. The first-order valence-corrected chi connectivity index (χ1v) is 5.44. The summed E-state index contributed by atoms with van der Waals surface area (Å²) < 4.78 is 4.79. The highest BCUT2D eigenvalue weighted by atomic mass is 16.5. The van der Waals surface area contributed by atoms with E-state index in [0.717, 1.165) is 0 Å². The molecule has 19 heavy (non-hydrogen) atoms. The Kier molecular flexibility index (Phi) is 3.85. The van der Waals surface area contributed by atoms with E-state index in [1.54, 1.807) is 19.2 Å². The van der Waals surface area contributed by atoms with Gasteiger partial charge in [0.05, 0.1) is 12.1 Å². The molecule has 0 aliphatic carbocycles. The van der Waals surface area contributed by atoms with Crippen molar-refractivity contribution in [3.05, 3.63) is 35.4 Å². The zero-order valence-electron chi connectivity index (χ0n) is 10.2. The number of hydrogen-bond acceptors (Lipinski definition) is 6. The summed E-state index contributed by atoms with van der Waals surface area (Å²) in [6.45, 7) is 1.90. The molecule has 96 valence electrons. The number of pyridine rings is 1. The van der Waals surface area contributed by atoms with Gasteiger partial charge in [-0.15, -0.1) is 0 Å². The van der Waals surface area contributed by atoms with Crippen molar-refractivity contribution < 1.29 is 9.32 Å². The molecule has 0 aromatic carbocycles. The second-order valence-electron chi connectivity index (χ2n) is 3.57. The molecule has 7 heteroatoms. The summed E-state index contributed by atoms with van der Waals surface area (Å²) in [5.41, 5.74) is 6.24. The Morgan fingerprint density at radius 3 is 3.05 bits per heavy atom. The molecule has 0 saturated carbocycles. The third kappa shape index (κ3) is 3.37. The number of hydrogen-bond donors (Lipinski definition) is 2. The largest absolute Gasteiger partial charge is 0.328 e. The van der Waals surface area contributed by atoms with Crippen molar-refractivity contribution in [2.24, 2.45) is 5.73 Å². The lowest BCUT2D eigenvalue weighted by Crippen LogP contribution is -2.12. The zero-order chi connectivity index (χ0) is 13.7. The number of anilines is 1. The molecule has 0 unspecified atom stereocenters. The van der Waals surface area contributed by atoms with E-state index in [1.165, 1.54) is 6.20 Å². The lowest BCUT2D eigenvalue weighted by atomic mass is 10.2. The Bertz CT molecular complexity index is 653. The van der Waals surface area contributed by atoms with Crippen LogP contribution >= 0.6 is 0 Å². The van der Waals surface area contributed by atoms with Gasteiger partial charge in [-0.05, 0) is 13.0 Å². The molecule has 2 aromatic heterocycles. The molecule has 1 amide bonds. The summed E-state index contributed by atoms with van der Waals surface area (Å²) in [7, 11) is 0. The zero-order valence-corrected chi connectivity index (χ0v) is 10.2. The van der Waals surface area contributed by atoms with Crippen molar-refractivity contribution in [3.63, 3.8) is 0 Å². The van der Waals surface area contributed by atoms with Crippen LogP contribution in [0.25, 0.3) is 0 Å². The van der Waals surface area contributed by atoms with Crippen molar-refractivity contribution in [1.82, 2.24) is 15.1 Å². The average Bonchev–Trinajstić information content (AvgIpc) is 2.82. The van der Waals surface area contributed by atoms with Crippen LogP contribution in [0.3, 0.4) is 0 Å². The molecule has 2 aromatic rings. The molecule has 7 nitrogen and oxygen atoms in total. The predicted octanol–water partition coefficient (Wildman–Crippen LogP) is 0.336. The lowest BCUT2D eigenvalue weighted by molar-refractivity contribution is 0.102. The van der Waals surface area contributed by atoms with Crippen molar-refractivity contribution in [3.8, 4) is 11.8 Å². The van der Waals surface area contributed by atoms with Gasteiger partial charge in [0.25, 0.3) is 5.91 Å². The minimum Gasteiger partial charge on any atom is -0.320 e. The van der Waals surface area contributed by atoms with Gasteiger partial charge in [-0.25, -0.2) is 0 Å². The maximum atomic E-state index is 11.9. The number of nitrogens with zero attached hydrogens (tertiary/aromatic N) is 3. The first-order chi connectivity index (χ1) is 9.19. The maximum Gasteiger partial charge on any atom is 0.328 e. The fraction of sp³-hybridized carbons (Fsp3) is 0.167. The number of rotatable bonds is 2. The van der Waals surface area contributed by atoms with Gasteiger partial charge in [0, 0.05) is 18.0 Å². The fourth-order valence-electron chi connectivity index (χ4n) is 1.30. The first-order valence-electron chi connectivity index (χ1n) is 5.44. The van der Waals surface area contributed by atoms with Crippen LogP contribution in [-0.2, 0) is 0 Å². The van der Waals surface area contributed by atoms with Crippen molar-refractivity contribution in [2.75, 3.05) is 11.9 Å². The van der Waals surface area contributed by atoms with Gasteiger partial charge >= 0.3 is 6.01 Å². The first kappa shape index (κ1) is 12.7. The molecule has 0 atom stereocenters. The van der Waals surface area contributed by atoms with Crippen LogP contribution in [0.2, 0.25) is 0 Å². The molecule has 0 saturated heterocycles. The Balaban J connectivity index is 2.15. The van der Waals surface area contributed by atoms with Crippen LogP contribution in [0.5, 0.6) is 0 Å². The highest BCUT2D eigenvalue weighted by Crippen LogP contribution is 2.07. The van der Waals surface area contributed by atoms with Crippen LogP contribution in [0.1, 0.15) is 21.7 Å². The molecule has 0 radical (unpaired) electrons. The maximum absolute atomic E-state index is 11.9. The van der Waals surface area contributed by atoms with E-state index in [-0.39, 0.29) is 12.6 Å². The van der Waals surface area contributed by atoms with E-state index < -0.39 is 5.91 Å². The third-order valence-electron chi connectivity index (χ3n) is 2.08. The topological polar surface area (TPSA) is 107 Å². The smallest absolute Gasteiger partial charge is 0.320 e. The quantitative estimate of drug-likeness (QED) is 0.751. The summed E-state index contributed by atoms with van der Waals surface area (Å²) in [5, 5.41) is 6.04. The van der Waals surface area contributed by atoms with E-state index in [0.29, 0.717) is 17.0 Å². The van der Waals surface area contributed by atoms with Crippen LogP contribution in [-0.4, -0.2) is 27.6 Å². The highest BCUT2D eigenvalue weighted by molar-refractivity contribution is 6.03. The van der Waals surface area contributed by atoms with Gasteiger partial charge in [-0.3, -0.25) is 15.1 Å². The highest BCUT2D eigenvalue weighted by Gasteiger charge is 2.10. The molecule has 3 N–H and O–H groups in total. The molecule has 2 heterocycles. The number of amides is 1. The van der Waals surface area contributed by atoms with Gasteiger partial charge in [0.15, 0.2) is 5.82 Å². The van der Waals surface area contributed by atoms with E-state index in [9.17, 15) is 4.79 Å². The van der Waals surface area contributed by atoms with Gasteiger partial charge in [0.1, 0.15) is 0 Å². The van der Waals surface area contributed by atoms with Gasteiger partial charge in [0.2, 0.25) is 0 Å². The van der Waals surface area contributed by atoms with E-state index >= 15 is 0 Å². The number of carbonyl (C=O) groups is 1. The summed E-state index contributed by atoms with van der Waals surface area (Å²) >= 11 is 0. The number of aromatic nitrogens is 3. The van der Waals surface area contributed by atoms with Gasteiger partial charge < -0.3 is 10.3 Å². The average molecular weight is 257 g/mol. The van der Waals surface area contributed by atoms with E-state index in [4.69, 9.17) is 10.3 Å². The SMILES string of the molecule is Cc1noc(NC(=O)c2cncc(C#CCN)c2)n1. The monoisotopic (exact) mass is 257 g/mol. The molecule has 0 fully saturated rings. The van der Waals surface area contributed by atoms with E-state index in [1.807, 2.05) is 0 Å². The minimum atomic E-state index is -0.396. The van der Waals surface area contributed by atoms with E-state index in [2.05, 4.69) is 32.3 Å². The second-order valence-corrected chi connectivity index (χ2v) is 3.57. The molecular formula is C12H11N5O2. The van der Waals surface area contributed by atoms with Crippen LogP contribution in [0.15, 0.2) is 23.0 Å². The van der Waals surface area contributed by atoms with Gasteiger partial charge in [-0.2, -0.15) is 4.98 Å². The second kappa shape index (κ2) is 5.75. The number of carbonyl (C=O) groups excluding carboxylic acids is 1. The lowest BCUT2D eigenvalue weighted by Gasteiger charge is -2.00. The standard InChI is InChI=1S/C12H11N5O2/c1-8-15-12(19-17-8)16-11(18)10-5-9(3-2-4-13)6-14-7-10/h5-7H,4,13H2,1H3,(H,15,16,17,18). The number of nitrogens with one attached hydrogen (secondary N) is 1. The Morgan fingerprint density at radius 1 is 1.53 bits per heavy atom. The Hall–Kier alpha value is -2.72. The van der Waals surface area contributed by atoms with Crippen LogP contribution < -0.4 is 11.1 Å². The molecule has 0 spiro atoms. The number of nitrogens with two attached hydrogens (primary N) is 1. The molecule has 0 aliphatic heterocycles.